The summed E-state index contributed by atoms with van der Waals surface area (Å²) >= 11 is 0. The van der Waals surface area contributed by atoms with Crippen LogP contribution in [0.4, 0.5) is 13.2 Å². The van der Waals surface area contributed by atoms with Gasteiger partial charge in [-0.3, -0.25) is 4.79 Å². The molecule has 4 nitrogen and oxygen atoms in total. The van der Waals surface area contributed by atoms with Crippen LogP contribution in [0.25, 0.3) is 0 Å². The molecule has 116 valence electrons. The molecule has 0 bridgehead atoms. The Kier molecular flexibility index (Phi) is 5.75. The van der Waals surface area contributed by atoms with E-state index in [0.717, 1.165) is 0 Å². The van der Waals surface area contributed by atoms with Crippen LogP contribution in [0.5, 0.6) is 0 Å². The fourth-order valence-electron chi connectivity index (χ4n) is 1.72. The van der Waals surface area contributed by atoms with E-state index >= 15 is 0 Å². The maximum Gasteiger partial charge on any atom is 0.471 e. The summed E-state index contributed by atoms with van der Waals surface area (Å²) in [6, 6.07) is 6.82. The lowest BCUT2D eigenvalue weighted by molar-refractivity contribution is -0.190. The number of hydrogen-bond acceptors (Lipinski definition) is 3. The van der Waals surface area contributed by atoms with Crippen LogP contribution >= 0.6 is 0 Å². The number of amides is 1. The number of halogens is 3. The van der Waals surface area contributed by atoms with Crippen molar-refractivity contribution in [1.82, 2.24) is 4.90 Å². The maximum atomic E-state index is 12.7. The lowest BCUT2D eigenvalue weighted by Crippen LogP contribution is -2.49. The second-order valence-corrected chi connectivity index (χ2v) is 4.34. The molecule has 0 saturated heterocycles. The molecular weight excluding hydrogens is 287 g/mol. The first kappa shape index (κ1) is 17.0. The van der Waals surface area contributed by atoms with Gasteiger partial charge in [-0.1, -0.05) is 30.3 Å². The quantitative estimate of drug-likeness (QED) is 0.785. The van der Waals surface area contributed by atoms with Gasteiger partial charge in [0.2, 0.25) is 0 Å². The molecule has 0 fully saturated rings. The van der Waals surface area contributed by atoms with Crippen molar-refractivity contribution < 1.29 is 27.5 Å². The Bertz CT molecular complexity index is 488. The summed E-state index contributed by atoms with van der Waals surface area (Å²) in [5.41, 5.74) is 0.492. The molecule has 1 aromatic carbocycles. The first-order valence-corrected chi connectivity index (χ1v) is 6.35. The van der Waals surface area contributed by atoms with Crippen molar-refractivity contribution in [1.29, 1.82) is 0 Å². The van der Waals surface area contributed by atoms with Crippen molar-refractivity contribution in [2.24, 2.45) is 0 Å². The van der Waals surface area contributed by atoms with Gasteiger partial charge in [-0.25, -0.2) is 4.79 Å². The lowest BCUT2D eigenvalue weighted by Gasteiger charge is -2.28. The number of benzene rings is 1. The van der Waals surface area contributed by atoms with Crippen LogP contribution in [0.15, 0.2) is 30.3 Å². The smallest absolute Gasteiger partial charge is 0.464 e. The van der Waals surface area contributed by atoms with Gasteiger partial charge in [-0.15, -0.1) is 0 Å². The van der Waals surface area contributed by atoms with E-state index in [1.807, 2.05) is 0 Å². The van der Waals surface area contributed by atoms with Gasteiger partial charge in [-0.05, 0) is 19.4 Å². The summed E-state index contributed by atoms with van der Waals surface area (Å²) < 4.78 is 42.7. The van der Waals surface area contributed by atoms with Crippen molar-refractivity contribution in [3.8, 4) is 0 Å². The molecule has 0 aliphatic heterocycles. The summed E-state index contributed by atoms with van der Waals surface area (Å²) in [6.07, 6.45) is -5.05. The summed E-state index contributed by atoms with van der Waals surface area (Å²) in [5, 5.41) is 0. The van der Waals surface area contributed by atoms with E-state index in [1.165, 1.54) is 13.8 Å². The van der Waals surface area contributed by atoms with Crippen molar-refractivity contribution in [2.45, 2.75) is 32.6 Å². The number of alkyl halides is 3. The third-order valence-electron chi connectivity index (χ3n) is 2.79. The molecule has 21 heavy (non-hydrogen) atoms. The minimum atomic E-state index is -5.05. The Labute approximate surface area is 120 Å². The zero-order valence-electron chi connectivity index (χ0n) is 11.7. The molecule has 1 unspecified atom stereocenters. The van der Waals surface area contributed by atoms with Crippen LogP contribution in [0.1, 0.15) is 19.4 Å². The van der Waals surface area contributed by atoms with E-state index in [-0.39, 0.29) is 13.2 Å². The number of rotatable bonds is 5. The first-order valence-electron chi connectivity index (χ1n) is 6.35. The van der Waals surface area contributed by atoms with E-state index in [0.29, 0.717) is 10.5 Å². The van der Waals surface area contributed by atoms with Crippen LogP contribution in [-0.4, -0.2) is 35.6 Å². The van der Waals surface area contributed by atoms with Crippen LogP contribution in [0.2, 0.25) is 0 Å². The van der Waals surface area contributed by atoms with Crippen LogP contribution in [0, 0.1) is 0 Å². The van der Waals surface area contributed by atoms with Gasteiger partial charge >= 0.3 is 18.1 Å². The van der Waals surface area contributed by atoms with Crippen LogP contribution in [0.3, 0.4) is 0 Å². The fourth-order valence-corrected chi connectivity index (χ4v) is 1.72. The third kappa shape index (κ3) is 4.77. The molecule has 0 N–H and O–H groups in total. The van der Waals surface area contributed by atoms with Crippen molar-refractivity contribution in [3.05, 3.63) is 35.9 Å². The molecule has 0 aliphatic carbocycles. The second kappa shape index (κ2) is 7.10. The Hall–Kier alpha value is -2.05. The molecule has 7 heteroatoms. The number of hydrogen-bond donors (Lipinski definition) is 0. The molecule has 1 rings (SSSR count). The number of carbonyl (C=O) groups is 2. The molecule has 0 spiro atoms. The number of nitrogens with zero attached hydrogens (tertiary/aromatic N) is 1. The zero-order chi connectivity index (χ0) is 16.0. The molecule has 1 aromatic rings. The van der Waals surface area contributed by atoms with E-state index in [1.54, 1.807) is 30.3 Å². The van der Waals surface area contributed by atoms with E-state index < -0.39 is 24.1 Å². The Morgan fingerprint density at radius 2 is 1.81 bits per heavy atom. The highest BCUT2D eigenvalue weighted by atomic mass is 19.4. The first-order chi connectivity index (χ1) is 9.77. The van der Waals surface area contributed by atoms with Crippen LogP contribution < -0.4 is 0 Å². The van der Waals surface area contributed by atoms with Gasteiger partial charge < -0.3 is 9.64 Å². The van der Waals surface area contributed by atoms with Gasteiger partial charge in [0.15, 0.2) is 0 Å². The van der Waals surface area contributed by atoms with Crippen molar-refractivity contribution >= 4 is 11.9 Å². The molecule has 1 amide bonds. The second-order valence-electron chi connectivity index (χ2n) is 4.34. The maximum absolute atomic E-state index is 12.7. The molecule has 0 aliphatic rings. The molecule has 0 radical (unpaired) electrons. The van der Waals surface area contributed by atoms with E-state index in [9.17, 15) is 22.8 Å². The van der Waals surface area contributed by atoms with E-state index in [4.69, 9.17) is 0 Å². The standard InChI is InChI=1S/C14H16F3NO3/c1-3-21-12(19)10(2)18(13(20)14(15,16)17)9-11-7-5-4-6-8-11/h4-8,10H,3,9H2,1-2H3. The summed E-state index contributed by atoms with van der Waals surface area (Å²) in [5.74, 6) is -2.93. The average molecular weight is 303 g/mol. The molecule has 0 aromatic heterocycles. The topological polar surface area (TPSA) is 46.6 Å². The van der Waals surface area contributed by atoms with Crippen molar-refractivity contribution in [3.63, 3.8) is 0 Å². The predicted octanol–water partition coefficient (Wildman–Crippen LogP) is 2.53. The Morgan fingerprint density at radius 3 is 2.29 bits per heavy atom. The lowest BCUT2D eigenvalue weighted by atomic mass is 10.1. The molecule has 0 heterocycles. The normalized spacial score (nSPS) is 12.6. The summed E-state index contributed by atoms with van der Waals surface area (Å²) in [6.45, 7) is 2.46. The van der Waals surface area contributed by atoms with Crippen molar-refractivity contribution in [2.75, 3.05) is 6.61 Å². The highest BCUT2D eigenvalue weighted by Gasteiger charge is 2.45. The Morgan fingerprint density at radius 1 is 1.24 bits per heavy atom. The fraction of sp³-hybridized carbons (Fsp3) is 0.429. The monoisotopic (exact) mass is 303 g/mol. The van der Waals surface area contributed by atoms with E-state index in [2.05, 4.69) is 4.74 Å². The van der Waals surface area contributed by atoms with Gasteiger partial charge in [0.25, 0.3) is 0 Å². The summed E-state index contributed by atoms with van der Waals surface area (Å²) in [4.78, 5) is 23.6. The average Bonchev–Trinajstić information content (AvgIpc) is 2.43. The van der Waals surface area contributed by atoms with Gasteiger partial charge in [0.05, 0.1) is 6.61 Å². The number of esters is 1. The van der Waals surface area contributed by atoms with Gasteiger partial charge in [0, 0.05) is 6.54 Å². The molecular formula is C14H16F3NO3. The highest BCUT2D eigenvalue weighted by Crippen LogP contribution is 2.22. The number of ether oxygens (including phenoxy) is 1. The molecule has 0 saturated carbocycles. The third-order valence-corrected chi connectivity index (χ3v) is 2.79. The van der Waals surface area contributed by atoms with Gasteiger partial charge in [-0.2, -0.15) is 13.2 Å². The number of carbonyl (C=O) groups excluding carboxylic acids is 2. The zero-order valence-corrected chi connectivity index (χ0v) is 11.7. The highest BCUT2D eigenvalue weighted by molar-refractivity contribution is 5.87. The SMILES string of the molecule is CCOC(=O)C(C)N(Cc1ccccc1)C(=O)C(F)(F)F. The minimum Gasteiger partial charge on any atom is -0.464 e. The largest absolute Gasteiger partial charge is 0.471 e. The van der Waals surface area contributed by atoms with Gasteiger partial charge in [0.1, 0.15) is 6.04 Å². The summed E-state index contributed by atoms with van der Waals surface area (Å²) in [7, 11) is 0. The van der Waals surface area contributed by atoms with Crippen LogP contribution in [-0.2, 0) is 20.9 Å². The minimum absolute atomic E-state index is 0.0303. The molecule has 1 atom stereocenters. The Balaban J connectivity index is 3.00. The predicted molar refractivity (Wildman–Crippen MR) is 69.1 cm³/mol.